The van der Waals surface area contributed by atoms with E-state index in [1.165, 1.54) is 24.5 Å². The van der Waals surface area contributed by atoms with E-state index in [9.17, 15) is 14.7 Å². The van der Waals surface area contributed by atoms with Crippen LogP contribution < -0.4 is 5.56 Å². The van der Waals surface area contributed by atoms with E-state index in [1.54, 1.807) is 18.2 Å². The van der Waals surface area contributed by atoms with Crippen LogP contribution in [0.2, 0.25) is 0 Å². The Labute approximate surface area is 107 Å². The Morgan fingerprint density at radius 1 is 1.21 bits per heavy atom. The minimum absolute atomic E-state index is 0.0203. The van der Waals surface area contributed by atoms with Crippen LogP contribution in [0, 0.1) is 0 Å². The topological polar surface area (TPSA) is 83.3 Å². The molecule has 0 unspecified atom stereocenters. The highest BCUT2D eigenvalue weighted by atomic mass is 16.3. The second-order valence-electron chi connectivity index (χ2n) is 4.06. The van der Waals surface area contributed by atoms with Crippen molar-refractivity contribution < 1.29 is 14.3 Å². The third-order valence-corrected chi connectivity index (χ3v) is 2.85. The second-order valence-corrected chi connectivity index (χ2v) is 4.06. The van der Waals surface area contributed by atoms with Gasteiger partial charge in [-0.1, -0.05) is 12.1 Å². The van der Waals surface area contributed by atoms with Gasteiger partial charge in [0.15, 0.2) is 5.76 Å². The molecule has 2 aromatic heterocycles. The van der Waals surface area contributed by atoms with Gasteiger partial charge in [-0.3, -0.25) is 9.59 Å². The van der Waals surface area contributed by atoms with Crippen LogP contribution in [0.5, 0.6) is 5.75 Å². The number of hydrogen-bond donors (Lipinski definition) is 2. The fourth-order valence-corrected chi connectivity index (χ4v) is 1.93. The Kier molecular flexibility index (Phi) is 2.45. The van der Waals surface area contributed by atoms with Gasteiger partial charge in [-0.05, 0) is 24.3 Å². The van der Waals surface area contributed by atoms with E-state index in [0.29, 0.717) is 10.9 Å². The molecule has 0 atom stereocenters. The molecule has 3 rings (SSSR count). The molecule has 0 spiro atoms. The molecule has 0 fully saturated rings. The summed E-state index contributed by atoms with van der Waals surface area (Å²) in [7, 11) is 0. The Balaban J connectivity index is 2.23. The standard InChI is InChI=1S/C14H9NO4/c16-10-4-1-3-8-7-9(14(18)15-12(8)10)13(17)11-5-2-6-19-11/h1-7,16H,(H,15,18). The van der Waals surface area contributed by atoms with E-state index in [0.717, 1.165) is 0 Å². The number of fused-ring (bicyclic) bond motifs is 1. The van der Waals surface area contributed by atoms with Gasteiger partial charge in [-0.15, -0.1) is 0 Å². The first kappa shape index (κ1) is 11.3. The number of para-hydroxylation sites is 1. The van der Waals surface area contributed by atoms with Gasteiger partial charge in [-0.25, -0.2) is 0 Å². The molecule has 0 saturated heterocycles. The van der Waals surface area contributed by atoms with Gasteiger partial charge in [0.25, 0.3) is 5.56 Å². The first-order chi connectivity index (χ1) is 9.16. The highest BCUT2D eigenvalue weighted by Crippen LogP contribution is 2.21. The predicted octanol–water partition coefficient (Wildman–Crippen LogP) is 2.06. The number of rotatable bonds is 2. The number of phenols is 1. The van der Waals surface area contributed by atoms with Crippen LogP contribution in [0.15, 0.2) is 51.9 Å². The first-order valence-corrected chi connectivity index (χ1v) is 5.60. The van der Waals surface area contributed by atoms with Crippen LogP contribution in [0.4, 0.5) is 0 Å². The number of benzene rings is 1. The van der Waals surface area contributed by atoms with Gasteiger partial charge >= 0.3 is 0 Å². The molecule has 0 aliphatic heterocycles. The minimum Gasteiger partial charge on any atom is -0.506 e. The van der Waals surface area contributed by atoms with Gasteiger partial charge in [0, 0.05) is 5.39 Å². The number of aromatic hydroxyl groups is 1. The monoisotopic (exact) mass is 255 g/mol. The fraction of sp³-hybridized carbons (Fsp3) is 0. The summed E-state index contributed by atoms with van der Waals surface area (Å²) >= 11 is 0. The van der Waals surface area contributed by atoms with Gasteiger partial charge in [0.1, 0.15) is 5.75 Å². The molecule has 5 heteroatoms. The third kappa shape index (κ3) is 1.81. The molecule has 2 heterocycles. The lowest BCUT2D eigenvalue weighted by Gasteiger charge is -2.02. The number of carbonyl (C=O) groups excluding carboxylic acids is 1. The lowest BCUT2D eigenvalue weighted by atomic mass is 10.1. The van der Waals surface area contributed by atoms with Gasteiger partial charge in [-0.2, -0.15) is 0 Å². The van der Waals surface area contributed by atoms with E-state index in [2.05, 4.69) is 4.98 Å². The van der Waals surface area contributed by atoms with Crippen molar-refractivity contribution in [2.75, 3.05) is 0 Å². The molecule has 3 aromatic rings. The zero-order chi connectivity index (χ0) is 13.4. The zero-order valence-electron chi connectivity index (χ0n) is 9.71. The van der Waals surface area contributed by atoms with E-state index in [4.69, 9.17) is 4.42 Å². The molecule has 5 nitrogen and oxygen atoms in total. The molecular formula is C14H9NO4. The lowest BCUT2D eigenvalue weighted by Crippen LogP contribution is -2.17. The largest absolute Gasteiger partial charge is 0.506 e. The molecule has 94 valence electrons. The quantitative estimate of drug-likeness (QED) is 0.686. The number of carbonyl (C=O) groups is 1. The van der Waals surface area contributed by atoms with Crippen molar-refractivity contribution in [1.29, 1.82) is 0 Å². The maximum absolute atomic E-state index is 12.1. The van der Waals surface area contributed by atoms with Gasteiger partial charge < -0.3 is 14.5 Å². The van der Waals surface area contributed by atoms with Crippen molar-refractivity contribution in [1.82, 2.24) is 4.98 Å². The Morgan fingerprint density at radius 3 is 2.79 bits per heavy atom. The number of H-pyrrole nitrogens is 1. The summed E-state index contributed by atoms with van der Waals surface area (Å²) in [4.78, 5) is 26.5. The van der Waals surface area contributed by atoms with E-state index in [-0.39, 0.29) is 17.1 Å². The van der Waals surface area contributed by atoms with Gasteiger partial charge in [0.2, 0.25) is 5.78 Å². The lowest BCUT2D eigenvalue weighted by molar-refractivity contribution is 0.101. The number of pyridine rings is 1. The summed E-state index contributed by atoms with van der Waals surface area (Å²) in [6.45, 7) is 0. The maximum Gasteiger partial charge on any atom is 0.259 e. The summed E-state index contributed by atoms with van der Waals surface area (Å²) in [6.07, 6.45) is 1.37. The minimum atomic E-state index is -0.560. The van der Waals surface area contributed by atoms with Crippen LogP contribution in [0.3, 0.4) is 0 Å². The molecular weight excluding hydrogens is 246 g/mol. The molecule has 2 N–H and O–H groups in total. The van der Waals surface area contributed by atoms with Crippen molar-refractivity contribution in [3.8, 4) is 5.75 Å². The Morgan fingerprint density at radius 2 is 2.05 bits per heavy atom. The van der Waals surface area contributed by atoms with Gasteiger partial charge in [0.05, 0.1) is 17.3 Å². The summed E-state index contributed by atoms with van der Waals surface area (Å²) in [6, 6.07) is 9.31. The molecule has 0 bridgehead atoms. The Hall–Kier alpha value is -2.82. The predicted molar refractivity (Wildman–Crippen MR) is 68.4 cm³/mol. The van der Waals surface area contributed by atoms with E-state index >= 15 is 0 Å². The molecule has 0 aliphatic rings. The first-order valence-electron chi connectivity index (χ1n) is 5.60. The molecule has 0 saturated carbocycles. The highest BCUT2D eigenvalue weighted by Gasteiger charge is 2.17. The van der Waals surface area contributed by atoms with Crippen molar-refractivity contribution in [2.24, 2.45) is 0 Å². The molecule has 0 radical (unpaired) electrons. The fourth-order valence-electron chi connectivity index (χ4n) is 1.93. The SMILES string of the molecule is O=C(c1ccco1)c1cc2cccc(O)c2[nH]c1=O. The number of furan rings is 1. The number of nitrogens with one attached hydrogen (secondary N) is 1. The molecule has 19 heavy (non-hydrogen) atoms. The average molecular weight is 255 g/mol. The van der Waals surface area contributed by atoms with Crippen molar-refractivity contribution in [3.05, 3.63) is 64.3 Å². The highest BCUT2D eigenvalue weighted by molar-refractivity contribution is 6.08. The van der Waals surface area contributed by atoms with Crippen molar-refractivity contribution >= 4 is 16.7 Å². The van der Waals surface area contributed by atoms with Crippen LogP contribution in [0.1, 0.15) is 16.1 Å². The number of ketones is 1. The molecule has 1 aromatic carbocycles. The number of hydrogen-bond acceptors (Lipinski definition) is 4. The van der Waals surface area contributed by atoms with E-state index in [1.807, 2.05) is 0 Å². The second kappa shape index (κ2) is 4.13. The van der Waals surface area contributed by atoms with Crippen LogP contribution >= 0.6 is 0 Å². The summed E-state index contributed by atoms with van der Waals surface area (Å²) in [5.41, 5.74) is -0.271. The molecule has 0 amide bonds. The van der Waals surface area contributed by atoms with Crippen LogP contribution in [0.25, 0.3) is 10.9 Å². The maximum atomic E-state index is 12.1. The van der Waals surface area contributed by atoms with Crippen molar-refractivity contribution in [3.63, 3.8) is 0 Å². The van der Waals surface area contributed by atoms with Crippen molar-refractivity contribution in [2.45, 2.75) is 0 Å². The van der Waals surface area contributed by atoms with E-state index < -0.39 is 11.3 Å². The van der Waals surface area contributed by atoms with Crippen LogP contribution in [-0.2, 0) is 0 Å². The van der Waals surface area contributed by atoms with Crippen LogP contribution in [-0.4, -0.2) is 15.9 Å². The zero-order valence-corrected chi connectivity index (χ0v) is 9.71. The number of phenolic OH excluding ortho intramolecular Hbond substituents is 1. The number of aromatic nitrogens is 1. The smallest absolute Gasteiger partial charge is 0.259 e. The summed E-state index contributed by atoms with van der Waals surface area (Å²) in [5.74, 6) is -0.423. The average Bonchev–Trinajstić information content (AvgIpc) is 2.92. The Bertz CT molecular complexity index is 815. The summed E-state index contributed by atoms with van der Waals surface area (Å²) < 4.78 is 4.99. The molecule has 0 aliphatic carbocycles. The third-order valence-electron chi connectivity index (χ3n) is 2.85. The summed E-state index contributed by atoms with van der Waals surface area (Å²) in [5, 5.41) is 10.2. The number of aromatic amines is 1. The normalized spacial score (nSPS) is 10.7.